The lowest BCUT2D eigenvalue weighted by Crippen LogP contribution is -2.67. The zero-order chi connectivity index (χ0) is 73.1. The molecule has 2 aliphatic heterocycles. The number of amides is 2. The van der Waals surface area contributed by atoms with Gasteiger partial charge in [0, 0.05) is 39.4 Å². The van der Waals surface area contributed by atoms with E-state index in [0.717, 1.165) is 161 Å². The Kier molecular flexibility index (Phi) is 53.0. The van der Waals surface area contributed by atoms with E-state index in [1.165, 1.54) is 32.8 Å². The van der Waals surface area contributed by atoms with Crippen LogP contribution >= 0.6 is 15.6 Å². The fourth-order valence-electron chi connectivity index (χ4n) is 12.7. The van der Waals surface area contributed by atoms with E-state index in [1.54, 1.807) is 0 Å². The third-order valence-electron chi connectivity index (χ3n) is 18.4. The maximum absolute atomic E-state index is 14.3. The van der Waals surface area contributed by atoms with Crippen LogP contribution in [0.15, 0.2) is 12.2 Å². The average Bonchev–Trinajstić information content (AvgIpc) is 0.786. The van der Waals surface area contributed by atoms with Crippen LogP contribution in [0.4, 0.5) is 0 Å². The second-order valence-electron chi connectivity index (χ2n) is 27.7. The van der Waals surface area contributed by atoms with E-state index in [-0.39, 0.29) is 56.9 Å². The summed E-state index contributed by atoms with van der Waals surface area (Å²) in [4.78, 5) is 110. The molecular weight excluding hydrogens is 1320 g/mol. The number of carbonyl (C=O) groups is 5. The van der Waals surface area contributed by atoms with Gasteiger partial charge in [-0.3, -0.25) is 33.0 Å². The molecule has 13 atom stereocenters. The lowest BCUT2D eigenvalue weighted by Gasteiger charge is -2.47. The van der Waals surface area contributed by atoms with E-state index in [2.05, 4.69) is 64.3 Å². The van der Waals surface area contributed by atoms with Crippen molar-refractivity contribution in [2.75, 3.05) is 33.5 Å². The third kappa shape index (κ3) is 45.4. The number of methoxy groups -OCH3 is 1. The van der Waals surface area contributed by atoms with E-state index in [0.29, 0.717) is 44.4 Å². The third-order valence-corrected chi connectivity index (χ3v) is 19.4. The van der Waals surface area contributed by atoms with E-state index in [9.17, 15) is 62.9 Å². The van der Waals surface area contributed by atoms with Crippen LogP contribution in [0, 0.1) is 5.92 Å². The lowest BCUT2D eigenvalue weighted by molar-refractivity contribution is -0.301. The molecule has 2 rings (SSSR count). The number of phosphoric ester groups is 2. The summed E-state index contributed by atoms with van der Waals surface area (Å²) in [7, 11) is -9.65. The Morgan fingerprint density at radius 1 is 0.485 bits per heavy atom. The Bertz CT molecular complexity index is 2240. The predicted octanol–water partition coefficient (Wildman–Crippen LogP) is 13.9. The summed E-state index contributed by atoms with van der Waals surface area (Å²) < 4.78 is 79.7. The SMILES string of the molecule is CCCCCCCCCCCC(=O)CC(=O)N[C@@H]1C(OCC[C@H](O)CCCCCCC)[C@H](O)C(COC2OC(COC)[C@@H](OP(=O)(O)O)[C@H](OCC[C@@H](CCCCCCC)OC(=O)CCC/C=C\C(C)CCCC)[C@H]2NC(=O)CC(=O)CCCCCCCCCCC)O[C@@H]1OP(=O)(O)O. The molecule has 99 heavy (non-hydrogen) atoms. The Balaban J connectivity index is 2.64. The number of esters is 1. The summed E-state index contributed by atoms with van der Waals surface area (Å²) in [6, 6.07) is -3.26. The van der Waals surface area contributed by atoms with Crippen molar-refractivity contribution in [3.8, 4) is 0 Å². The van der Waals surface area contributed by atoms with Gasteiger partial charge in [-0.25, -0.2) is 9.13 Å². The van der Waals surface area contributed by atoms with Crippen LogP contribution in [-0.2, 0) is 75.3 Å². The first-order valence-corrected chi connectivity index (χ1v) is 41.5. The molecule has 0 spiro atoms. The number of allylic oxidation sites excluding steroid dienone is 2. The van der Waals surface area contributed by atoms with E-state index >= 15 is 0 Å². The normalized spacial score (nSPS) is 22.3. The number of Topliss-reactive ketones (excluding diaryl/α,β-unsaturated/α-hetero) is 2. The molecule has 24 nitrogen and oxygen atoms in total. The second-order valence-corrected chi connectivity index (χ2v) is 30.0. The monoisotopic (exact) mass is 1450 g/mol. The number of ether oxygens (including phenoxy) is 7. The van der Waals surface area contributed by atoms with Gasteiger partial charge < -0.3 is 73.6 Å². The van der Waals surface area contributed by atoms with Gasteiger partial charge in [0.15, 0.2) is 12.6 Å². The molecule has 2 saturated heterocycles. The number of hydrogen-bond acceptors (Lipinski definition) is 18. The number of aliphatic hydroxyl groups is 2. The number of ketones is 2. The number of hydrogen-bond donors (Lipinski definition) is 8. The summed E-state index contributed by atoms with van der Waals surface area (Å²) >= 11 is 0. The standard InChI is InChI=1S/C73H136N2O22P2/c1-8-13-18-22-24-26-28-32-37-44-58(77)52-63(79)74-66-70(90-50-48-57(76)43-36-30-20-15-10-3)68(82)61(94-73(66)97-99(86,87)88)55-92-72-67(75-64(80)53-59(78)45-38-33-29-27-25-23-19-14-9-2)71(69(96-98(83,84)85)62(95-72)54-89-7)91-51-49-60(46-39-31-21-16-11-4)93-65(81)47-40-34-35-42-56(6)41-17-12-5/h35,42,56-57,60-62,66-73,76,82H,8-34,36-41,43-55H2,1-7H3,(H,74,79)(H,75,80)(H2,83,84,85)(H2,86,87,88)/b42-35-/t56?,57-,60-,61?,62?,66-,67-,68-,69-,70?,71-,72?,73-/m1/s1. The van der Waals surface area contributed by atoms with Crippen LogP contribution in [0.3, 0.4) is 0 Å². The highest BCUT2D eigenvalue weighted by Gasteiger charge is 2.53. The fourth-order valence-corrected chi connectivity index (χ4v) is 13.7. The number of rotatable bonds is 64. The summed E-state index contributed by atoms with van der Waals surface area (Å²) in [5, 5.41) is 28.7. The number of aliphatic hydroxyl groups excluding tert-OH is 2. The molecule has 0 aromatic carbocycles. The van der Waals surface area contributed by atoms with Crippen molar-refractivity contribution < 1.29 is 105 Å². The molecule has 0 radical (unpaired) electrons. The number of phosphoric acid groups is 2. The van der Waals surface area contributed by atoms with Crippen molar-refractivity contribution in [3.63, 3.8) is 0 Å². The van der Waals surface area contributed by atoms with Crippen LogP contribution < -0.4 is 10.6 Å². The minimum Gasteiger partial charge on any atom is -0.462 e. The quantitative estimate of drug-likeness (QED) is 0.00922. The van der Waals surface area contributed by atoms with E-state index < -0.39 is 133 Å². The highest BCUT2D eigenvalue weighted by molar-refractivity contribution is 7.46. The van der Waals surface area contributed by atoms with E-state index in [1.807, 2.05) is 0 Å². The Hall–Kier alpha value is -2.61. The van der Waals surface area contributed by atoms with Gasteiger partial charge in [0.25, 0.3) is 0 Å². The Morgan fingerprint density at radius 2 is 0.939 bits per heavy atom. The van der Waals surface area contributed by atoms with Gasteiger partial charge in [0.05, 0.1) is 38.8 Å². The topological polar surface area (TPSA) is 348 Å². The highest BCUT2D eigenvalue weighted by Crippen LogP contribution is 2.44. The summed E-state index contributed by atoms with van der Waals surface area (Å²) in [5.74, 6) is -2.43. The van der Waals surface area contributed by atoms with Crippen LogP contribution in [0.2, 0.25) is 0 Å². The molecule has 0 aromatic heterocycles. The van der Waals surface area contributed by atoms with Crippen LogP contribution in [0.1, 0.15) is 311 Å². The summed E-state index contributed by atoms with van der Waals surface area (Å²) in [6.45, 7) is 11.2. The second kappa shape index (κ2) is 56.7. The highest BCUT2D eigenvalue weighted by atomic mass is 31.2. The molecule has 2 fully saturated rings. The van der Waals surface area contributed by atoms with E-state index in [4.69, 9.17) is 42.2 Å². The summed E-state index contributed by atoms with van der Waals surface area (Å²) in [5.41, 5.74) is 0. The Labute approximate surface area is 594 Å². The average molecular weight is 1460 g/mol. The van der Waals surface area contributed by atoms with Gasteiger partial charge in [-0.15, -0.1) is 0 Å². The molecule has 0 saturated carbocycles. The zero-order valence-electron chi connectivity index (χ0n) is 61.8. The smallest absolute Gasteiger partial charge is 0.462 e. The van der Waals surface area contributed by atoms with Gasteiger partial charge in [-0.05, 0) is 63.7 Å². The molecule has 0 bridgehead atoms. The van der Waals surface area contributed by atoms with Crippen molar-refractivity contribution in [1.29, 1.82) is 0 Å². The molecule has 0 aromatic rings. The predicted molar refractivity (Wildman–Crippen MR) is 381 cm³/mol. The summed E-state index contributed by atoms with van der Waals surface area (Å²) in [6.07, 6.45) is 21.5. The van der Waals surface area contributed by atoms with Gasteiger partial charge >= 0.3 is 21.6 Å². The molecule has 580 valence electrons. The number of unbranched alkanes of at least 4 members (excludes halogenated alkanes) is 26. The van der Waals surface area contributed by atoms with Crippen molar-refractivity contribution in [3.05, 3.63) is 12.2 Å². The largest absolute Gasteiger partial charge is 0.472 e. The lowest BCUT2D eigenvalue weighted by atomic mass is 9.95. The number of carbonyl (C=O) groups excluding carboxylic acids is 5. The minimum atomic E-state index is -5.51. The molecular formula is C73H136N2O22P2. The van der Waals surface area contributed by atoms with Gasteiger partial charge in [0.1, 0.15) is 66.4 Å². The zero-order valence-corrected chi connectivity index (χ0v) is 63.6. The minimum absolute atomic E-state index is 0.0543. The van der Waals surface area contributed by atoms with Crippen LogP contribution in [0.5, 0.6) is 0 Å². The molecule has 2 heterocycles. The maximum Gasteiger partial charge on any atom is 0.472 e. The van der Waals surface area contributed by atoms with Crippen molar-refractivity contribution in [1.82, 2.24) is 10.6 Å². The van der Waals surface area contributed by atoms with Crippen LogP contribution in [0.25, 0.3) is 0 Å². The first-order chi connectivity index (χ1) is 47.5. The first kappa shape index (κ1) is 92.5. The van der Waals surface area contributed by atoms with Gasteiger partial charge in [-0.1, -0.05) is 227 Å². The molecule has 8 N–H and O–H groups in total. The van der Waals surface area contributed by atoms with Gasteiger partial charge in [0.2, 0.25) is 11.8 Å². The molecule has 2 amide bonds. The molecule has 0 aliphatic carbocycles. The van der Waals surface area contributed by atoms with Crippen molar-refractivity contribution >= 4 is 45.0 Å². The van der Waals surface area contributed by atoms with Crippen molar-refractivity contribution in [2.24, 2.45) is 5.92 Å². The van der Waals surface area contributed by atoms with Crippen LogP contribution in [-0.4, -0.2) is 166 Å². The first-order valence-electron chi connectivity index (χ1n) is 38.5. The van der Waals surface area contributed by atoms with Crippen molar-refractivity contribution in [2.45, 2.75) is 385 Å². The maximum atomic E-state index is 14.3. The Morgan fingerprint density at radius 3 is 1.44 bits per heavy atom. The number of nitrogens with one attached hydrogen (secondary N) is 2. The fraction of sp³-hybridized carbons (Fsp3) is 0.904. The molecule has 2 aliphatic rings. The molecule has 26 heteroatoms. The molecule has 5 unspecified atom stereocenters. The van der Waals surface area contributed by atoms with Gasteiger partial charge in [-0.2, -0.15) is 0 Å².